The van der Waals surface area contributed by atoms with Gasteiger partial charge in [-0.3, -0.25) is 4.79 Å². The van der Waals surface area contributed by atoms with Gasteiger partial charge in [0.2, 0.25) is 6.79 Å². The molecule has 0 saturated carbocycles. The highest BCUT2D eigenvalue weighted by Crippen LogP contribution is 2.33. The molecule has 108 valence electrons. The van der Waals surface area contributed by atoms with Crippen LogP contribution >= 0.6 is 0 Å². The van der Waals surface area contributed by atoms with Gasteiger partial charge in [-0.1, -0.05) is 32.9 Å². The van der Waals surface area contributed by atoms with E-state index in [1.54, 1.807) is 0 Å². The fraction of sp³-hybridized carbons (Fsp3) is 0.438. The van der Waals surface area contributed by atoms with E-state index in [9.17, 15) is 4.79 Å². The summed E-state index contributed by atoms with van der Waals surface area (Å²) in [4.78, 5) is 11.2. The molecule has 1 aliphatic heterocycles. The topological polar surface area (TPSA) is 44.8 Å². The van der Waals surface area contributed by atoms with Crippen LogP contribution in [0.3, 0.4) is 0 Å². The van der Waals surface area contributed by atoms with Crippen molar-refractivity contribution in [3.8, 4) is 11.5 Å². The summed E-state index contributed by atoms with van der Waals surface area (Å²) in [6, 6.07) is 5.73. The quantitative estimate of drug-likeness (QED) is 0.794. The predicted molar refractivity (Wildman–Crippen MR) is 76.6 cm³/mol. The number of rotatable bonds is 3. The predicted octanol–water partition coefficient (Wildman–Crippen LogP) is 3.41. The third-order valence-corrected chi connectivity index (χ3v) is 3.01. The number of carbonyl (C=O) groups is 1. The molecule has 1 aliphatic rings. The molecule has 0 spiro atoms. The average molecular weight is 276 g/mol. The van der Waals surface area contributed by atoms with Crippen molar-refractivity contribution in [2.75, 3.05) is 6.79 Å². The summed E-state index contributed by atoms with van der Waals surface area (Å²) in [7, 11) is 0. The van der Waals surface area contributed by atoms with E-state index in [4.69, 9.17) is 14.2 Å². The summed E-state index contributed by atoms with van der Waals surface area (Å²) in [5.74, 6) is 1.22. The van der Waals surface area contributed by atoms with Gasteiger partial charge in [-0.25, -0.2) is 0 Å². The molecule has 4 heteroatoms. The molecule has 2 rings (SSSR count). The molecule has 1 heterocycles. The fourth-order valence-electron chi connectivity index (χ4n) is 1.90. The van der Waals surface area contributed by atoms with Crippen LogP contribution in [-0.2, 0) is 9.53 Å². The van der Waals surface area contributed by atoms with Gasteiger partial charge >= 0.3 is 5.97 Å². The van der Waals surface area contributed by atoms with E-state index in [0.29, 0.717) is 0 Å². The molecule has 0 N–H and O–H groups in total. The summed E-state index contributed by atoms with van der Waals surface area (Å²) in [5, 5.41) is 0. The van der Waals surface area contributed by atoms with Gasteiger partial charge in [0, 0.05) is 12.3 Å². The number of esters is 1. The van der Waals surface area contributed by atoms with E-state index < -0.39 is 0 Å². The van der Waals surface area contributed by atoms with Crippen molar-refractivity contribution in [2.24, 2.45) is 5.41 Å². The minimum atomic E-state index is -0.278. The zero-order valence-corrected chi connectivity index (χ0v) is 12.3. The zero-order chi connectivity index (χ0) is 14.8. The second-order valence-corrected chi connectivity index (χ2v) is 5.87. The Bertz CT molecular complexity index is 526. The van der Waals surface area contributed by atoms with E-state index in [1.807, 2.05) is 51.1 Å². The molecule has 0 aromatic heterocycles. The Labute approximate surface area is 119 Å². The number of hydrogen-bond donors (Lipinski definition) is 0. The first-order valence-corrected chi connectivity index (χ1v) is 6.61. The summed E-state index contributed by atoms with van der Waals surface area (Å²) in [6.07, 6.45) is 3.56. The fourth-order valence-corrected chi connectivity index (χ4v) is 1.90. The summed E-state index contributed by atoms with van der Waals surface area (Å²) in [6.45, 7) is 7.79. The van der Waals surface area contributed by atoms with Crippen molar-refractivity contribution in [1.82, 2.24) is 0 Å². The van der Waals surface area contributed by atoms with Crippen LogP contribution in [0.15, 0.2) is 24.3 Å². The maximum atomic E-state index is 11.2. The molecule has 4 nitrogen and oxygen atoms in total. The second-order valence-electron chi connectivity index (χ2n) is 5.87. The molecular weight excluding hydrogens is 256 g/mol. The van der Waals surface area contributed by atoms with Crippen molar-refractivity contribution in [1.29, 1.82) is 0 Å². The Kier molecular flexibility index (Phi) is 4.02. The maximum Gasteiger partial charge on any atom is 0.303 e. The molecule has 0 fully saturated rings. The number of ether oxygens (including phenoxy) is 3. The van der Waals surface area contributed by atoms with E-state index in [2.05, 4.69) is 0 Å². The zero-order valence-electron chi connectivity index (χ0n) is 12.3. The maximum absolute atomic E-state index is 11.2. The lowest BCUT2D eigenvalue weighted by Crippen LogP contribution is -2.29. The van der Waals surface area contributed by atoms with Crippen molar-refractivity contribution >= 4 is 12.0 Å². The summed E-state index contributed by atoms with van der Waals surface area (Å²) < 4.78 is 16.0. The number of hydrogen-bond acceptors (Lipinski definition) is 4. The molecule has 1 aromatic rings. The number of benzene rings is 1. The first-order chi connectivity index (χ1) is 9.36. The normalized spacial score (nSPS) is 15.4. The highest BCUT2D eigenvalue weighted by molar-refractivity contribution is 5.67. The van der Waals surface area contributed by atoms with E-state index in [-0.39, 0.29) is 24.3 Å². The van der Waals surface area contributed by atoms with Crippen LogP contribution in [0.5, 0.6) is 11.5 Å². The lowest BCUT2D eigenvalue weighted by atomic mass is 9.88. The van der Waals surface area contributed by atoms with Gasteiger partial charge < -0.3 is 14.2 Å². The molecule has 0 amide bonds. The first-order valence-electron chi connectivity index (χ1n) is 6.61. The van der Waals surface area contributed by atoms with Crippen LogP contribution in [-0.4, -0.2) is 18.9 Å². The van der Waals surface area contributed by atoms with Crippen LogP contribution < -0.4 is 9.47 Å². The smallest absolute Gasteiger partial charge is 0.303 e. The molecule has 1 unspecified atom stereocenters. The van der Waals surface area contributed by atoms with Crippen LogP contribution in [0.4, 0.5) is 0 Å². The lowest BCUT2D eigenvalue weighted by Gasteiger charge is -2.27. The Hall–Kier alpha value is -1.97. The minimum Gasteiger partial charge on any atom is -0.458 e. The lowest BCUT2D eigenvalue weighted by molar-refractivity contribution is -0.148. The number of carbonyl (C=O) groups excluding carboxylic acids is 1. The molecule has 0 bridgehead atoms. The van der Waals surface area contributed by atoms with Crippen molar-refractivity contribution in [3.05, 3.63) is 29.8 Å². The Morgan fingerprint density at radius 2 is 2.00 bits per heavy atom. The molecule has 20 heavy (non-hydrogen) atoms. The molecule has 1 aromatic carbocycles. The van der Waals surface area contributed by atoms with Crippen LogP contribution in [0.2, 0.25) is 0 Å². The third kappa shape index (κ3) is 3.53. The van der Waals surface area contributed by atoms with E-state index in [1.165, 1.54) is 6.92 Å². The molecule has 0 radical (unpaired) electrons. The Morgan fingerprint density at radius 3 is 2.65 bits per heavy atom. The summed E-state index contributed by atoms with van der Waals surface area (Å²) >= 11 is 0. The molecule has 0 aliphatic carbocycles. The van der Waals surface area contributed by atoms with Crippen molar-refractivity contribution in [2.45, 2.75) is 33.8 Å². The molecular formula is C16H20O4. The average Bonchev–Trinajstić information content (AvgIpc) is 2.79. The Morgan fingerprint density at radius 1 is 1.30 bits per heavy atom. The highest BCUT2D eigenvalue weighted by atomic mass is 16.7. The molecule has 1 atom stereocenters. The van der Waals surface area contributed by atoms with Gasteiger partial charge in [0.25, 0.3) is 0 Å². The van der Waals surface area contributed by atoms with Crippen LogP contribution in [0, 0.1) is 5.41 Å². The van der Waals surface area contributed by atoms with Crippen LogP contribution in [0.1, 0.15) is 33.3 Å². The van der Waals surface area contributed by atoms with Gasteiger partial charge in [0.1, 0.15) is 6.10 Å². The van der Waals surface area contributed by atoms with E-state index >= 15 is 0 Å². The van der Waals surface area contributed by atoms with E-state index in [0.717, 1.165) is 17.1 Å². The Balaban J connectivity index is 2.15. The van der Waals surface area contributed by atoms with Gasteiger partial charge in [-0.2, -0.15) is 0 Å². The first kappa shape index (κ1) is 14.4. The van der Waals surface area contributed by atoms with Gasteiger partial charge in [0.05, 0.1) is 0 Å². The van der Waals surface area contributed by atoms with Crippen molar-refractivity contribution < 1.29 is 19.0 Å². The third-order valence-electron chi connectivity index (χ3n) is 3.01. The van der Waals surface area contributed by atoms with Gasteiger partial charge in [-0.05, 0) is 23.8 Å². The highest BCUT2D eigenvalue weighted by Gasteiger charge is 2.24. The number of fused-ring (bicyclic) bond motifs is 1. The minimum absolute atomic E-state index is 0.154. The van der Waals surface area contributed by atoms with Crippen molar-refractivity contribution in [3.63, 3.8) is 0 Å². The molecule has 0 saturated heterocycles. The largest absolute Gasteiger partial charge is 0.458 e. The monoisotopic (exact) mass is 276 g/mol. The SMILES string of the molecule is CC(=O)OC(/C=C/c1ccc2c(c1)OCO2)C(C)(C)C. The van der Waals surface area contributed by atoms with Gasteiger partial charge in [0.15, 0.2) is 11.5 Å². The van der Waals surface area contributed by atoms with Crippen LogP contribution in [0.25, 0.3) is 6.08 Å². The van der Waals surface area contributed by atoms with Gasteiger partial charge in [-0.15, -0.1) is 0 Å². The summed E-state index contributed by atoms with van der Waals surface area (Å²) in [5.41, 5.74) is 0.828. The standard InChI is InChI=1S/C16H20O4/c1-11(17)20-15(16(2,3)4)8-6-12-5-7-13-14(9-12)19-10-18-13/h5-9,15H,10H2,1-4H3/b8-6+. The second kappa shape index (κ2) is 5.57.